The van der Waals surface area contributed by atoms with Crippen molar-refractivity contribution in [3.63, 3.8) is 0 Å². The van der Waals surface area contributed by atoms with E-state index in [4.69, 9.17) is 0 Å². The topological polar surface area (TPSA) is 50.9 Å². The Labute approximate surface area is 96.7 Å². The fourth-order valence-electron chi connectivity index (χ4n) is 2.62. The maximum atomic E-state index is 10.6. The summed E-state index contributed by atoms with van der Waals surface area (Å²) in [5, 5.41) is 14.6. The number of hydrogen-bond donors (Lipinski definition) is 1. The Hall–Kier alpha value is -0.900. The summed E-state index contributed by atoms with van der Waals surface area (Å²) in [4.78, 5) is 4.19. The number of hydrogen-bond acceptors (Lipinski definition) is 3. The van der Waals surface area contributed by atoms with Crippen LogP contribution in [0.3, 0.4) is 0 Å². The highest BCUT2D eigenvalue weighted by Gasteiger charge is 2.36. The molecule has 0 bridgehead atoms. The summed E-state index contributed by atoms with van der Waals surface area (Å²) in [6, 6.07) is 0. The highest BCUT2D eigenvalue weighted by atomic mass is 16.3. The van der Waals surface area contributed by atoms with E-state index in [0.717, 1.165) is 31.0 Å². The highest BCUT2D eigenvalue weighted by molar-refractivity contribution is 4.97. The largest absolute Gasteiger partial charge is 0.389 e. The van der Waals surface area contributed by atoms with E-state index in [-0.39, 0.29) is 0 Å². The van der Waals surface area contributed by atoms with E-state index in [1.165, 1.54) is 0 Å². The quantitative estimate of drug-likeness (QED) is 0.827. The van der Waals surface area contributed by atoms with Crippen LogP contribution < -0.4 is 0 Å². The molecule has 0 spiro atoms. The van der Waals surface area contributed by atoms with Crippen molar-refractivity contribution in [1.29, 1.82) is 0 Å². The van der Waals surface area contributed by atoms with Crippen molar-refractivity contribution in [2.24, 2.45) is 18.9 Å². The van der Waals surface area contributed by atoms with Crippen LogP contribution in [0.1, 0.15) is 38.9 Å². The van der Waals surface area contributed by atoms with E-state index in [2.05, 4.69) is 23.9 Å². The lowest BCUT2D eigenvalue weighted by Gasteiger charge is -2.38. The van der Waals surface area contributed by atoms with E-state index in [0.29, 0.717) is 12.3 Å². The molecule has 1 aliphatic carbocycles. The Bertz CT molecular complexity index is 363. The van der Waals surface area contributed by atoms with Gasteiger partial charge in [0.05, 0.1) is 5.60 Å². The summed E-state index contributed by atoms with van der Waals surface area (Å²) in [5.41, 5.74) is -0.577. The second kappa shape index (κ2) is 4.17. The molecule has 0 aliphatic heterocycles. The number of rotatable bonds is 2. The standard InChI is InChI=1S/C12H21N3O/c1-9-4-5-12(16,6-10(9)2)7-11-13-8-14-15(11)3/h8-10,16H,4-7H2,1-3H3. The predicted molar refractivity (Wildman–Crippen MR) is 61.8 cm³/mol. The third-order valence-electron chi connectivity index (χ3n) is 4.03. The molecule has 0 saturated heterocycles. The van der Waals surface area contributed by atoms with E-state index in [1.54, 1.807) is 11.0 Å². The Balaban J connectivity index is 2.06. The molecule has 0 aromatic carbocycles. The Morgan fingerprint density at radius 2 is 2.25 bits per heavy atom. The lowest BCUT2D eigenvalue weighted by Crippen LogP contribution is -2.40. The molecule has 3 unspecified atom stereocenters. The minimum atomic E-state index is -0.577. The molecule has 0 radical (unpaired) electrons. The molecule has 0 amide bonds. The zero-order valence-corrected chi connectivity index (χ0v) is 10.3. The minimum Gasteiger partial charge on any atom is -0.389 e. The van der Waals surface area contributed by atoms with Crippen LogP contribution in [0.5, 0.6) is 0 Å². The van der Waals surface area contributed by atoms with Gasteiger partial charge in [0, 0.05) is 13.5 Å². The molecule has 1 heterocycles. The van der Waals surface area contributed by atoms with Crippen molar-refractivity contribution in [3.05, 3.63) is 12.2 Å². The number of aliphatic hydroxyl groups is 1. The van der Waals surface area contributed by atoms with Gasteiger partial charge in [-0.05, 0) is 31.1 Å². The predicted octanol–water partition coefficient (Wildman–Crippen LogP) is 1.54. The SMILES string of the molecule is CC1CCC(O)(Cc2ncnn2C)CC1C. The van der Waals surface area contributed by atoms with Gasteiger partial charge in [0.2, 0.25) is 0 Å². The second-order valence-corrected chi connectivity index (χ2v) is 5.40. The van der Waals surface area contributed by atoms with Crippen LogP contribution in [0.2, 0.25) is 0 Å². The highest BCUT2D eigenvalue weighted by Crippen LogP contribution is 2.37. The van der Waals surface area contributed by atoms with Crippen LogP contribution >= 0.6 is 0 Å². The van der Waals surface area contributed by atoms with Crippen molar-refractivity contribution < 1.29 is 5.11 Å². The summed E-state index contributed by atoms with van der Waals surface area (Å²) in [7, 11) is 1.88. The Morgan fingerprint density at radius 1 is 1.50 bits per heavy atom. The summed E-state index contributed by atoms with van der Waals surface area (Å²) in [6.07, 6.45) is 5.04. The molecular formula is C12H21N3O. The van der Waals surface area contributed by atoms with Crippen LogP contribution in [0.25, 0.3) is 0 Å². The first kappa shape index (κ1) is 11.6. The van der Waals surface area contributed by atoms with Crippen LogP contribution in [0.4, 0.5) is 0 Å². The number of nitrogens with zero attached hydrogens (tertiary/aromatic N) is 3. The minimum absolute atomic E-state index is 0.577. The average molecular weight is 223 g/mol. The van der Waals surface area contributed by atoms with Crippen molar-refractivity contribution in [1.82, 2.24) is 14.8 Å². The third kappa shape index (κ3) is 2.26. The molecule has 3 atom stereocenters. The number of aryl methyl sites for hydroxylation is 1. The molecule has 1 aromatic rings. The molecule has 1 fully saturated rings. The molecule has 1 saturated carbocycles. The molecule has 2 rings (SSSR count). The fourth-order valence-corrected chi connectivity index (χ4v) is 2.62. The Morgan fingerprint density at radius 3 is 2.81 bits per heavy atom. The van der Waals surface area contributed by atoms with Crippen LogP contribution in [-0.4, -0.2) is 25.5 Å². The van der Waals surface area contributed by atoms with Gasteiger partial charge in [0.25, 0.3) is 0 Å². The monoisotopic (exact) mass is 223 g/mol. The molecule has 90 valence electrons. The maximum absolute atomic E-state index is 10.6. The summed E-state index contributed by atoms with van der Waals surface area (Å²) >= 11 is 0. The number of aromatic nitrogens is 3. The molecule has 1 aliphatic rings. The van der Waals surface area contributed by atoms with Crippen LogP contribution in [0, 0.1) is 11.8 Å². The zero-order valence-electron chi connectivity index (χ0n) is 10.3. The van der Waals surface area contributed by atoms with Gasteiger partial charge < -0.3 is 5.11 Å². The van der Waals surface area contributed by atoms with Crippen molar-refractivity contribution >= 4 is 0 Å². The normalized spacial score (nSPS) is 35.2. The van der Waals surface area contributed by atoms with Crippen molar-refractivity contribution in [2.45, 2.75) is 45.1 Å². The summed E-state index contributed by atoms with van der Waals surface area (Å²) < 4.78 is 1.75. The summed E-state index contributed by atoms with van der Waals surface area (Å²) in [6.45, 7) is 4.50. The average Bonchev–Trinajstić information content (AvgIpc) is 2.59. The molecule has 4 nitrogen and oxygen atoms in total. The van der Waals surface area contributed by atoms with Gasteiger partial charge in [0.1, 0.15) is 12.2 Å². The first-order valence-corrected chi connectivity index (χ1v) is 6.05. The summed E-state index contributed by atoms with van der Waals surface area (Å²) in [5.74, 6) is 2.19. The molecule has 1 N–H and O–H groups in total. The van der Waals surface area contributed by atoms with Gasteiger partial charge in [0.15, 0.2) is 0 Å². The molecule has 4 heteroatoms. The lowest BCUT2D eigenvalue weighted by molar-refractivity contribution is -0.0299. The zero-order chi connectivity index (χ0) is 11.8. The van der Waals surface area contributed by atoms with Crippen molar-refractivity contribution in [2.75, 3.05) is 0 Å². The van der Waals surface area contributed by atoms with Gasteiger partial charge in [-0.1, -0.05) is 13.8 Å². The molecule has 1 aromatic heterocycles. The molecular weight excluding hydrogens is 202 g/mol. The second-order valence-electron chi connectivity index (χ2n) is 5.40. The third-order valence-corrected chi connectivity index (χ3v) is 4.03. The van der Waals surface area contributed by atoms with Gasteiger partial charge in [-0.3, -0.25) is 4.68 Å². The van der Waals surface area contributed by atoms with Crippen LogP contribution in [0.15, 0.2) is 6.33 Å². The maximum Gasteiger partial charge on any atom is 0.138 e. The van der Waals surface area contributed by atoms with Crippen molar-refractivity contribution in [3.8, 4) is 0 Å². The van der Waals surface area contributed by atoms with E-state index < -0.39 is 5.60 Å². The fraction of sp³-hybridized carbons (Fsp3) is 0.833. The molecule has 16 heavy (non-hydrogen) atoms. The first-order chi connectivity index (χ1) is 7.50. The van der Waals surface area contributed by atoms with Crippen LogP contribution in [-0.2, 0) is 13.5 Å². The Kier molecular flexibility index (Phi) is 3.02. The lowest BCUT2D eigenvalue weighted by atomic mass is 9.72. The van der Waals surface area contributed by atoms with Gasteiger partial charge in [-0.25, -0.2) is 4.98 Å². The van der Waals surface area contributed by atoms with Gasteiger partial charge in [-0.2, -0.15) is 5.10 Å². The van der Waals surface area contributed by atoms with Gasteiger partial charge >= 0.3 is 0 Å². The van der Waals surface area contributed by atoms with E-state index in [1.807, 2.05) is 7.05 Å². The smallest absolute Gasteiger partial charge is 0.138 e. The van der Waals surface area contributed by atoms with E-state index >= 15 is 0 Å². The first-order valence-electron chi connectivity index (χ1n) is 6.05. The van der Waals surface area contributed by atoms with E-state index in [9.17, 15) is 5.11 Å². The van der Waals surface area contributed by atoms with Gasteiger partial charge in [-0.15, -0.1) is 0 Å².